The number of hydrogen-bond acceptors (Lipinski definition) is 7. The molecule has 0 unspecified atom stereocenters. The van der Waals surface area contributed by atoms with E-state index in [0.717, 1.165) is 18.0 Å². The number of aryl methyl sites for hydroxylation is 1. The second-order valence-corrected chi connectivity index (χ2v) is 8.23. The van der Waals surface area contributed by atoms with Gasteiger partial charge in [0.05, 0.1) is 5.56 Å². The molecule has 1 fully saturated rings. The smallest absolute Gasteiger partial charge is 0.328 e. The van der Waals surface area contributed by atoms with Crippen LogP contribution in [0.1, 0.15) is 36.2 Å². The molecule has 0 aliphatic carbocycles. The number of hydrazone groups is 1. The maximum Gasteiger partial charge on any atom is 0.328 e. The minimum absolute atomic E-state index is 0.0771. The number of phenols is 1. The highest BCUT2D eigenvalue weighted by Gasteiger charge is 2.52. The molecule has 3 atom stereocenters. The molecule has 1 aliphatic heterocycles. The lowest BCUT2D eigenvalue weighted by Gasteiger charge is -2.45. The predicted molar refractivity (Wildman–Crippen MR) is 99.9 cm³/mol. The van der Waals surface area contributed by atoms with Crippen LogP contribution in [-0.2, 0) is 20.3 Å². The summed E-state index contributed by atoms with van der Waals surface area (Å²) in [5.74, 6) is -3.04. The number of aromatic hydroxyl groups is 1. The number of carboxylic acids is 1. The first-order valence-corrected chi connectivity index (χ1v) is 9.50. The molecule has 1 aromatic carbocycles. The Morgan fingerprint density at radius 1 is 1.43 bits per heavy atom. The van der Waals surface area contributed by atoms with Crippen molar-refractivity contribution in [3.8, 4) is 5.75 Å². The molecule has 28 heavy (non-hydrogen) atoms. The van der Waals surface area contributed by atoms with E-state index in [1.807, 2.05) is 0 Å². The van der Waals surface area contributed by atoms with E-state index in [-0.39, 0.29) is 17.7 Å². The summed E-state index contributed by atoms with van der Waals surface area (Å²) in [6, 6.07) is 2.36. The molecule has 1 saturated heterocycles. The summed E-state index contributed by atoms with van der Waals surface area (Å²) < 4.78 is 21.7. The first-order valence-electron chi connectivity index (χ1n) is 8.32. The number of nitrogens with one attached hydrogen (secondary N) is 1. The van der Waals surface area contributed by atoms with Crippen molar-refractivity contribution in [2.75, 3.05) is 0 Å². The summed E-state index contributed by atoms with van der Waals surface area (Å²) in [5.41, 5.74) is 2.46. The van der Waals surface area contributed by atoms with E-state index in [0.29, 0.717) is 5.56 Å². The van der Waals surface area contributed by atoms with Crippen molar-refractivity contribution in [2.45, 2.75) is 44.0 Å². The zero-order chi connectivity index (χ0) is 21.2. The van der Waals surface area contributed by atoms with Gasteiger partial charge in [0.25, 0.3) is 5.91 Å². The van der Waals surface area contributed by atoms with Crippen molar-refractivity contribution in [2.24, 2.45) is 5.10 Å². The van der Waals surface area contributed by atoms with E-state index in [2.05, 4.69) is 10.5 Å². The minimum Gasteiger partial charge on any atom is -0.507 e. The zero-order valence-corrected chi connectivity index (χ0v) is 16.3. The van der Waals surface area contributed by atoms with Crippen LogP contribution in [0.2, 0.25) is 0 Å². The van der Waals surface area contributed by atoms with Crippen molar-refractivity contribution < 1.29 is 33.0 Å². The van der Waals surface area contributed by atoms with Gasteiger partial charge in [0.2, 0.25) is 5.91 Å². The summed E-state index contributed by atoms with van der Waals surface area (Å²) in [5, 5.41) is 23.0. The van der Waals surface area contributed by atoms with Crippen LogP contribution < -0.4 is 5.43 Å². The van der Waals surface area contributed by atoms with Gasteiger partial charge in [0.15, 0.2) is 16.7 Å². The average molecular weight is 411 g/mol. The Morgan fingerprint density at radius 3 is 2.57 bits per heavy atom. The van der Waals surface area contributed by atoms with Gasteiger partial charge in [-0.05, 0) is 32.4 Å². The molecule has 10 nitrogen and oxygen atoms in total. The SMILES string of the molecule is Cc1cccc(C(=O)N/N=C/[C@@](C)([C@H](C(=O)O)N2C(=O)C[C@H]2C)[SH](=O)=O)c1O. The minimum atomic E-state index is -3.38. The third kappa shape index (κ3) is 3.84. The molecular formula is C17H21N3O7S. The fraction of sp³-hybridized carbons (Fsp3) is 0.412. The monoisotopic (exact) mass is 411 g/mol. The van der Waals surface area contributed by atoms with E-state index in [9.17, 15) is 33.0 Å². The van der Waals surface area contributed by atoms with Crippen molar-refractivity contribution in [1.29, 1.82) is 0 Å². The van der Waals surface area contributed by atoms with Gasteiger partial charge in [-0.2, -0.15) is 5.10 Å². The van der Waals surface area contributed by atoms with Crippen molar-refractivity contribution in [3.05, 3.63) is 29.3 Å². The number of phenolic OH excluding ortho intramolecular Hbond substituents is 1. The molecule has 0 aromatic heterocycles. The number of β-lactam (4-membered cyclic amide) rings is 1. The molecule has 1 aromatic rings. The zero-order valence-electron chi connectivity index (χ0n) is 15.4. The number of benzene rings is 1. The summed E-state index contributed by atoms with van der Waals surface area (Å²) in [6.45, 7) is 4.31. The lowest BCUT2D eigenvalue weighted by atomic mass is 9.92. The first kappa shape index (κ1) is 21.4. The molecule has 11 heteroatoms. The molecule has 1 heterocycles. The second kappa shape index (κ2) is 7.97. The van der Waals surface area contributed by atoms with Crippen LogP contribution in [0.3, 0.4) is 0 Å². The molecule has 0 saturated carbocycles. The van der Waals surface area contributed by atoms with Gasteiger partial charge < -0.3 is 15.1 Å². The fourth-order valence-electron chi connectivity index (χ4n) is 2.98. The van der Waals surface area contributed by atoms with Crippen LogP contribution in [0, 0.1) is 6.92 Å². The highest BCUT2D eigenvalue weighted by molar-refractivity contribution is 7.75. The molecule has 0 radical (unpaired) electrons. The van der Waals surface area contributed by atoms with Crippen LogP contribution in [0.15, 0.2) is 23.3 Å². The Morgan fingerprint density at radius 2 is 2.07 bits per heavy atom. The van der Waals surface area contributed by atoms with E-state index >= 15 is 0 Å². The largest absolute Gasteiger partial charge is 0.507 e. The van der Waals surface area contributed by atoms with Crippen molar-refractivity contribution in [1.82, 2.24) is 10.3 Å². The maximum atomic E-state index is 12.2. The normalized spacial score (nSPS) is 19.9. The van der Waals surface area contributed by atoms with Crippen molar-refractivity contribution in [3.63, 3.8) is 0 Å². The molecule has 2 amide bonds. The van der Waals surface area contributed by atoms with Gasteiger partial charge >= 0.3 is 5.97 Å². The second-order valence-electron chi connectivity index (χ2n) is 6.75. The number of nitrogens with zero attached hydrogens (tertiary/aromatic N) is 2. The van der Waals surface area contributed by atoms with Crippen LogP contribution in [0.4, 0.5) is 0 Å². The summed E-state index contributed by atoms with van der Waals surface area (Å²) in [6.07, 6.45) is 0.899. The molecule has 0 bridgehead atoms. The van der Waals surface area contributed by atoms with Crippen LogP contribution in [0.5, 0.6) is 5.75 Å². The van der Waals surface area contributed by atoms with Crippen molar-refractivity contribution >= 4 is 34.7 Å². The number of amides is 2. The lowest BCUT2D eigenvalue weighted by molar-refractivity contribution is -0.161. The van der Waals surface area contributed by atoms with E-state index in [1.54, 1.807) is 26.0 Å². The number of carboxylic acid groups (broad SMARTS) is 1. The Bertz CT molecular complexity index is 919. The molecule has 2 rings (SSSR count). The fourth-order valence-corrected chi connectivity index (χ4v) is 3.57. The molecule has 152 valence electrons. The van der Waals surface area contributed by atoms with E-state index in [4.69, 9.17) is 0 Å². The van der Waals surface area contributed by atoms with Gasteiger partial charge in [0, 0.05) is 18.7 Å². The summed E-state index contributed by atoms with van der Waals surface area (Å²) in [4.78, 5) is 36.7. The van der Waals surface area contributed by atoms with E-state index in [1.165, 1.54) is 6.07 Å². The average Bonchev–Trinajstić information content (AvgIpc) is 2.61. The van der Waals surface area contributed by atoms with Crippen LogP contribution >= 0.6 is 0 Å². The Hall–Kier alpha value is -2.95. The number of likely N-dealkylation sites (tertiary alicyclic amines) is 1. The number of carbonyl (C=O) groups excluding carboxylic acids is 2. The quantitative estimate of drug-likeness (QED) is 0.211. The number of thiol groups is 1. The number of hydrogen-bond donors (Lipinski definition) is 4. The number of para-hydroxylation sites is 1. The maximum absolute atomic E-state index is 12.2. The molecular weight excluding hydrogens is 390 g/mol. The Balaban J connectivity index is 2.30. The van der Waals surface area contributed by atoms with Gasteiger partial charge in [0.1, 0.15) is 10.5 Å². The van der Waals surface area contributed by atoms with Gasteiger partial charge in [-0.1, -0.05) is 12.1 Å². The first-order chi connectivity index (χ1) is 13.0. The Kier molecular flexibility index (Phi) is 6.07. The highest BCUT2D eigenvalue weighted by atomic mass is 32.2. The van der Waals surface area contributed by atoms with Crippen LogP contribution in [0.25, 0.3) is 0 Å². The van der Waals surface area contributed by atoms with Gasteiger partial charge in [-0.3, -0.25) is 9.59 Å². The van der Waals surface area contributed by atoms with Gasteiger partial charge in [-0.25, -0.2) is 18.6 Å². The molecule has 0 spiro atoms. The topological polar surface area (TPSA) is 153 Å². The third-order valence-electron chi connectivity index (χ3n) is 4.67. The van der Waals surface area contributed by atoms with Crippen LogP contribution in [-0.4, -0.2) is 64.4 Å². The number of aliphatic carboxylic acids is 1. The van der Waals surface area contributed by atoms with Gasteiger partial charge in [-0.15, -0.1) is 0 Å². The molecule has 1 aliphatic rings. The van der Waals surface area contributed by atoms with E-state index < -0.39 is 45.3 Å². The standard InChI is InChI=1S/C17H21N3O7S/c1-9-5-4-6-11(13(9)22)15(23)19-18-8-17(3,28(26)27)14(16(24)25)20-10(2)7-12(20)21/h4-6,8,10,14,22,28H,7H2,1-3H3,(H,19,23)(H,24,25)/b18-8+/t10-,14+,17+/m1/s1. The summed E-state index contributed by atoms with van der Waals surface area (Å²) in [7, 11) is -3.38. The number of carbonyl (C=O) groups is 3. The molecule has 3 N–H and O–H groups in total. The lowest BCUT2D eigenvalue weighted by Crippen LogP contribution is -2.66. The summed E-state index contributed by atoms with van der Waals surface area (Å²) >= 11 is 0. The number of rotatable bonds is 7. The third-order valence-corrected chi connectivity index (χ3v) is 5.81. The highest BCUT2D eigenvalue weighted by Crippen LogP contribution is 2.29. The Labute approximate surface area is 162 Å². The predicted octanol–water partition coefficient (Wildman–Crippen LogP) is -0.140.